The van der Waals surface area contributed by atoms with E-state index in [1.807, 2.05) is 38.1 Å². The number of fused-ring (bicyclic) bond motifs is 1. The maximum Gasteiger partial charge on any atom is 0.254 e. The molecule has 1 aliphatic rings. The second kappa shape index (κ2) is 4.20. The number of benzene rings is 1. The van der Waals surface area contributed by atoms with Crippen molar-refractivity contribution in [1.82, 2.24) is 5.32 Å². The number of carbonyl (C=O) groups excluding carboxylic acids is 2. The molecule has 2 rings (SSSR count). The van der Waals surface area contributed by atoms with Crippen LogP contribution in [0.15, 0.2) is 24.3 Å². The Morgan fingerprint density at radius 2 is 2.00 bits per heavy atom. The maximum atomic E-state index is 12.3. The molecule has 90 valence electrons. The van der Waals surface area contributed by atoms with E-state index in [4.69, 9.17) is 0 Å². The van der Waals surface area contributed by atoms with E-state index >= 15 is 0 Å². The lowest BCUT2D eigenvalue weighted by atomic mass is 10.1. The van der Waals surface area contributed by atoms with Gasteiger partial charge in [0.1, 0.15) is 6.04 Å². The van der Waals surface area contributed by atoms with E-state index in [1.165, 1.54) is 6.92 Å². The number of nitrogens with one attached hydrogen (secondary N) is 1. The second-order valence-electron chi connectivity index (χ2n) is 4.49. The van der Waals surface area contributed by atoms with Crippen molar-refractivity contribution in [2.24, 2.45) is 0 Å². The third-order valence-corrected chi connectivity index (χ3v) is 2.86. The monoisotopic (exact) mass is 232 g/mol. The zero-order chi connectivity index (χ0) is 12.6. The number of anilines is 1. The molecule has 0 saturated heterocycles. The van der Waals surface area contributed by atoms with Gasteiger partial charge in [0.15, 0.2) is 0 Å². The number of carbonyl (C=O) groups is 2. The number of rotatable bonds is 2. The van der Waals surface area contributed by atoms with E-state index < -0.39 is 6.04 Å². The molecular weight excluding hydrogens is 216 g/mol. The number of amides is 2. The first-order chi connectivity index (χ1) is 8.02. The van der Waals surface area contributed by atoms with Crippen LogP contribution in [0.5, 0.6) is 0 Å². The van der Waals surface area contributed by atoms with E-state index in [1.54, 1.807) is 4.90 Å². The van der Waals surface area contributed by atoms with Crippen LogP contribution >= 0.6 is 0 Å². The van der Waals surface area contributed by atoms with E-state index in [0.29, 0.717) is 0 Å². The summed E-state index contributed by atoms with van der Waals surface area (Å²) in [6, 6.07) is 7.13. The predicted molar refractivity (Wildman–Crippen MR) is 65.6 cm³/mol. The highest BCUT2D eigenvalue weighted by molar-refractivity contribution is 6.06. The molecule has 0 fully saturated rings. The number of nitrogens with zero attached hydrogens (tertiary/aromatic N) is 1. The molecule has 0 bridgehead atoms. The molecule has 0 saturated carbocycles. The Kier molecular flexibility index (Phi) is 2.88. The minimum atomic E-state index is -0.536. The first-order valence-corrected chi connectivity index (χ1v) is 5.71. The second-order valence-corrected chi connectivity index (χ2v) is 4.49. The lowest BCUT2D eigenvalue weighted by Gasteiger charge is -2.22. The topological polar surface area (TPSA) is 49.4 Å². The first kappa shape index (κ1) is 11.6. The summed E-state index contributed by atoms with van der Waals surface area (Å²) in [6.45, 7) is 5.35. The molecule has 1 aromatic rings. The third-order valence-electron chi connectivity index (χ3n) is 2.86. The summed E-state index contributed by atoms with van der Waals surface area (Å²) in [7, 11) is 0. The zero-order valence-electron chi connectivity index (χ0n) is 10.2. The summed E-state index contributed by atoms with van der Waals surface area (Å²) in [6.07, 6.45) is 0. The van der Waals surface area contributed by atoms with Gasteiger partial charge in [0.25, 0.3) is 5.91 Å². The summed E-state index contributed by atoms with van der Waals surface area (Å²) >= 11 is 0. The lowest BCUT2D eigenvalue weighted by Crippen LogP contribution is -2.39. The first-order valence-electron chi connectivity index (χ1n) is 5.71. The fraction of sp³-hybridized carbons (Fsp3) is 0.385. The Labute approximate surface area is 101 Å². The highest BCUT2D eigenvalue weighted by atomic mass is 16.2. The van der Waals surface area contributed by atoms with Gasteiger partial charge in [-0.2, -0.15) is 0 Å². The Bertz CT molecular complexity index is 468. The van der Waals surface area contributed by atoms with Gasteiger partial charge in [-0.05, 0) is 19.9 Å². The van der Waals surface area contributed by atoms with E-state index in [2.05, 4.69) is 5.32 Å². The van der Waals surface area contributed by atoms with Gasteiger partial charge >= 0.3 is 0 Å². The van der Waals surface area contributed by atoms with Gasteiger partial charge in [0.05, 0.1) is 0 Å². The fourth-order valence-corrected chi connectivity index (χ4v) is 2.22. The predicted octanol–water partition coefficient (Wildman–Crippen LogP) is 1.62. The minimum absolute atomic E-state index is 0.0589. The summed E-state index contributed by atoms with van der Waals surface area (Å²) < 4.78 is 0. The van der Waals surface area contributed by atoms with Gasteiger partial charge in [-0.15, -0.1) is 0 Å². The molecule has 1 N–H and O–H groups in total. The molecule has 0 aromatic heterocycles. The largest absolute Gasteiger partial charge is 0.341 e. The van der Waals surface area contributed by atoms with Gasteiger partial charge in [-0.25, -0.2) is 0 Å². The van der Waals surface area contributed by atoms with Gasteiger partial charge in [-0.1, -0.05) is 18.2 Å². The van der Waals surface area contributed by atoms with E-state index in [-0.39, 0.29) is 17.9 Å². The van der Waals surface area contributed by atoms with Crippen molar-refractivity contribution in [2.75, 3.05) is 4.90 Å². The summed E-state index contributed by atoms with van der Waals surface area (Å²) in [5, 5.41) is 2.70. The fourth-order valence-electron chi connectivity index (χ4n) is 2.22. The highest BCUT2D eigenvalue weighted by Crippen LogP contribution is 2.36. The summed E-state index contributed by atoms with van der Waals surface area (Å²) in [4.78, 5) is 25.1. The van der Waals surface area contributed by atoms with Gasteiger partial charge < -0.3 is 10.2 Å². The molecule has 1 aliphatic heterocycles. The quantitative estimate of drug-likeness (QED) is 0.842. The van der Waals surface area contributed by atoms with Crippen LogP contribution in [0.3, 0.4) is 0 Å². The molecule has 0 spiro atoms. The smallest absolute Gasteiger partial charge is 0.254 e. The molecule has 0 radical (unpaired) electrons. The van der Waals surface area contributed by atoms with Crippen LogP contribution in [-0.2, 0) is 9.59 Å². The van der Waals surface area contributed by atoms with Crippen molar-refractivity contribution in [3.8, 4) is 0 Å². The van der Waals surface area contributed by atoms with E-state index in [0.717, 1.165) is 11.3 Å². The Morgan fingerprint density at radius 1 is 1.35 bits per heavy atom. The third kappa shape index (κ3) is 1.90. The summed E-state index contributed by atoms with van der Waals surface area (Å²) in [5.41, 5.74) is 1.77. The van der Waals surface area contributed by atoms with Gasteiger partial charge in [0.2, 0.25) is 5.91 Å². The molecule has 2 amide bonds. The van der Waals surface area contributed by atoms with Crippen molar-refractivity contribution in [2.45, 2.75) is 32.9 Å². The van der Waals surface area contributed by atoms with Crippen LogP contribution < -0.4 is 10.2 Å². The average molecular weight is 232 g/mol. The number of hydrogen-bond acceptors (Lipinski definition) is 2. The Balaban J connectivity index is 2.45. The molecule has 0 aliphatic carbocycles. The van der Waals surface area contributed by atoms with Crippen LogP contribution in [0.25, 0.3) is 0 Å². The van der Waals surface area contributed by atoms with Gasteiger partial charge in [0, 0.05) is 24.2 Å². The molecule has 0 unspecified atom stereocenters. The van der Waals surface area contributed by atoms with Gasteiger partial charge in [-0.3, -0.25) is 9.59 Å². The number of para-hydroxylation sites is 1. The molecular formula is C13H16N2O2. The molecule has 1 atom stereocenters. The zero-order valence-corrected chi connectivity index (χ0v) is 10.2. The molecule has 1 heterocycles. The molecule has 17 heavy (non-hydrogen) atoms. The number of hydrogen-bond donors (Lipinski definition) is 1. The molecule has 4 heteroatoms. The Morgan fingerprint density at radius 3 is 2.59 bits per heavy atom. The SMILES string of the molecule is CC(=O)N[C@H]1C(=O)N(C(C)C)c2ccccc21. The average Bonchev–Trinajstić information content (AvgIpc) is 2.52. The standard InChI is InChI=1S/C13H16N2O2/c1-8(2)15-11-7-5-4-6-10(11)12(13(15)17)14-9(3)16/h4-8,12H,1-3H3,(H,14,16)/t12-/m1/s1. The van der Waals surface area contributed by atoms with Crippen molar-refractivity contribution in [1.29, 1.82) is 0 Å². The van der Waals surface area contributed by atoms with Crippen LogP contribution in [0.4, 0.5) is 5.69 Å². The lowest BCUT2D eigenvalue weighted by molar-refractivity contribution is -0.126. The Hall–Kier alpha value is -1.84. The minimum Gasteiger partial charge on any atom is -0.341 e. The van der Waals surface area contributed by atoms with Crippen molar-refractivity contribution < 1.29 is 9.59 Å². The maximum absolute atomic E-state index is 12.3. The van der Waals surface area contributed by atoms with Crippen LogP contribution in [0, 0.1) is 0 Å². The molecule has 1 aromatic carbocycles. The highest BCUT2D eigenvalue weighted by Gasteiger charge is 2.38. The van der Waals surface area contributed by atoms with Crippen molar-refractivity contribution in [3.05, 3.63) is 29.8 Å². The van der Waals surface area contributed by atoms with Crippen molar-refractivity contribution in [3.63, 3.8) is 0 Å². The molecule has 4 nitrogen and oxygen atoms in total. The van der Waals surface area contributed by atoms with Crippen LogP contribution in [-0.4, -0.2) is 17.9 Å². The van der Waals surface area contributed by atoms with Crippen LogP contribution in [0.2, 0.25) is 0 Å². The summed E-state index contributed by atoms with van der Waals surface area (Å²) in [5.74, 6) is -0.250. The normalized spacial score (nSPS) is 18.5. The van der Waals surface area contributed by atoms with E-state index in [9.17, 15) is 9.59 Å². The van der Waals surface area contributed by atoms with Crippen molar-refractivity contribution >= 4 is 17.5 Å². The van der Waals surface area contributed by atoms with Crippen LogP contribution in [0.1, 0.15) is 32.4 Å².